The maximum atomic E-state index is 12.4. The van der Waals surface area contributed by atoms with Gasteiger partial charge in [0.1, 0.15) is 6.61 Å². The van der Waals surface area contributed by atoms with Crippen LogP contribution in [0.5, 0.6) is 0 Å². The molecule has 3 atom stereocenters. The number of unbranched alkanes of at least 4 members (excludes halogenated alkanes) is 20. The van der Waals surface area contributed by atoms with Crippen LogP contribution >= 0.6 is 7.82 Å². The Morgan fingerprint density at radius 1 is 0.646 bits per heavy atom. The van der Waals surface area contributed by atoms with Gasteiger partial charge in [-0.25, -0.2) is 4.57 Å². The van der Waals surface area contributed by atoms with Crippen LogP contribution in [-0.4, -0.2) is 53.3 Å². The van der Waals surface area contributed by atoms with Crippen LogP contribution in [-0.2, 0) is 32.9 Å². The molecule has 0 aromatic carbocycles. The fourth-order valence-electron chi connectivity index (χ4n) is 5.91. The Balaban J connectivity index is 2.08. The van der Waals surface area contributed by atoms with Gasteiger partial charge in [0.2, 0.25) is 0 Å². The Morgan fingerprint density at radius 2 is 1.15 bits per heavy atom. The molecule has 1 aliphatic heterocycles. The zero-order chi connectivity index (χ0) is 35.1. The Labute approximate surface area is 292 Å². The van der Waals surface area contributed by atoms with Gasteiger partial charge in [-0.05, 0) is 38.5 Å². The van der Waals surface area contributed by atoms with E-state index in [1.54, 1.807) is 0 Å². The summed E-state index contributed by atoms with van der Waals surface area (Å²) in [6.45, 7) is 3.64. The number of rotatable bonds is 35. The third-order valence-electron chi connectivity index (χ3n) is 8.96. The second-order valence-corrected chi connectivity index (χ2v) is 14.9. The van der Waals surface area contributed by atoms with Gasteiger partial charge in [-0.1, -0.05) is 148 Å². The van der Waals surface area contributed by atoms with Crippen molar-refractivity contribution in [2.45, 2.75) is 206 Å². The van der Waals surface area contributed by atoms with Crippen LogP contribution in [0, 0.1) is 0 Å². The first kappa shape index (κ1) is 44.8. The molecule has 1 rings (SSSR count). The summed E-state index contributed by atoms with van der Waals surface area (Å²) in [5.41, 5.74) is 0. The zero-order valence-corrected chi connectivity index (χ0v) is 31.5. The van der Waals surface area contributed by atoms with E-state index in [9.17, 15) is 14.2 Å². The third kappa shape index (κ3) is 29.6. The molecule has 48 heavy (non-hydrogen) atoms. The van der Waals surface area contributed by atoms with Crippen molar-refractivity contribution in [2.75, 3.05) is 13.2 Å². The standard InChI is InChI=1S/C38H71O9P/c1-3-5-7-9-11-12-13-14-15-16-17-18-22-26-30-37(39)44-32-34(33-45-48(41,42)43)46-38(40)31-27-23-19-21-25-29-36-35(47-36)28-24-20-10-8-6-4-2/h20,24,34-36H,3-19,21-23,25-33H2,1-2H3,(H2,41,42,43)/b24-20-/t34-,35?,36?/m1/s1. The monoisotopic (exact) mass is 702 g/mol. The number of carbonyl (C=O) groups is 2. The number of phosphoric acid groups is 1. The van der Waals surface area contributed by atoms with Crippen LogP contribution in [0.15, 0.2) is 12.2 Å². The second kappa shape index (κ2) is 30.6. The minimum atomic E-state index is -4.75. The van der Waals surface area contributed by atoms with Gasteiger partial charge in [0.05, 0.1) is 18.8 Å². The van der Waals surface area contributed by atoms with Crippen molar-refractivity contribution in [1.29, 1.82) is 0 Å². The highest BCUT2D eigenvalue weighted by molar-refractivity contribution is 7.46. The Kier molecular flexibility index (Phi) is 28.5. The van der Waals surface area contributed by atoms with Crippen molar-refractivity contribution in [2.24, 2.45) is 0 Å². The molecule has 0 aromatic rings. The smallest absolute Gasteiger partial charge is 0.462 e. The summed E-state index contributed by atoms with van der Waals surface area (Å²) >= 11 is 0. The fraction of sp³-hybridized carbons (Fsp3) is 0.895. The molecule has 0 radical (unpaired) electrons. The molecular weight excluding hydrogens is 631 g/mol. The SMILES string of the molecule is CCCCC/C=C\CC1OC1CCCCCCCC(=O)O[C@H](COC(=O)CCCCCCCCCCCCCCCC)COP(=O)(O)O. The molecule has 0 spiro atoms. The number of ether oxygens (including phenoxy) is 3. The molecule has 0 saturated carbocycles. The molecule has 282 valence electrons. The number of hydrogen-bond donors (Lipinski definition) is 2. The van der Waals surface area contributed by atoms with Crippen molar-refractivity contribution in [1.82, 2.24) is 0 Å². The van der Waals surface area contributed by atoms with Gasteiger partial charge in [-0.3, -0.25) is 14.1 Å². The summed E-state index contributed by atoms with van der Waals surface area (Å²) in [6.07, 6.45) is 33.8. The van der Waals surface area contributed by atoms with Crippen LogP contribution in [0.25, 0.3) is 0 Å². The highest BCUT2D eigenvalue weighted by Gasteiger charge is 2.36. The van der Waals surface area contributed by atoms with Crippen molar-refractivity contribution < 1.29 is 42.7 Å². The predicted octanol–water partition coefficient (Wildman–Crippen LogP) is 10.4. The normalized spacial score (nSPS) is 16.8. The van der Waals surface area contributed by atoms with Gasteiger partial charge < -0.3 is 24.0 Å². The van der Waals surface area contributed by atoms with E-state index in [-0.39, 0.29) is 19.4 Å². The molecule has 0 aromatic heterocycles. The summed E-state index contributed by atoms with van der Waals surface area (Å²) in [4.78, 5) is 42.8. The van der Waals surface area contributed by atoms with Crippen LogP contribution in [0.3, 0.4) is 0 Å². The summed E-state index contributed by atoms with van der Waals surface area (Å²) in [5, 5.41) is 0. The fourth-order valence-corrected chi connectivity index (χ4v) is 6.27. The number of carbonyl (C=O) groups excluding carboxylic acids is 2. The average Bonchev–Trinajstić information content (AvgIpc) is 3.81. The van der Waals surface area contributed by atoms with Gasteiger partial charge in [0.25, 0.3) is 0 Å². The maximum absolute atomic E-state index is 12.4. The number of allylic oxidation sites excluding steroid dienone is 1. The molecule has 1 fully saturated rings. The van der Waals surface area contributed by atoms with Crippen molar-refractivity contribution in [3.8, 4) is 0 Å². The van der Waals surface area contributed by atoms with Gasteiger partial charge in [-0.15, -0.1) is 0 Å². The number of phosphoric ester groups is 1. The molecular formula is C38H71O9P. The van der Waals surface area contributed by atoms with E-state index in [1.807, 2.05) is 0 Å². The molecule has 2 unspecified atom stereocenters. The molecule has 1 aliphatic rings. The first-order valence-corrected chi connectivity index (χ1v) is 21.1. The van der Waals surface area contributed by atoms with Crippen molar-refractivity contribution in [3.05, 3.63) is 12.2 Å². The number of esters is 2. The first-order chi connectivity index (χ1) is 23.2. The van der Waals surface area contributed by atoms with Crippen LogP contribution < -0.4 is 0 Å². The second-order valence-electron chi connectivity index (χ2n) is 13.6. The molecule has 1 heterocycles. The van der Waals surface area contributed by atoms with E-state index in [4.69, 9.17) is 24.0 Å². The molecule has 0 aliphatic carbocycles. The Hall–Kier alpha value is -1.25. The Morgan fingerprint density at radius 3 is 1.71 bits per heavy atom. The van der Waals surface area contributed by atoms with E-state index in [2.05, 4.69) is 30.5 Å². The number of epoxide rings is 1. The molecule has 10 heteroatoms. The molecule has 0 bridgehead atoms. The van der Waals surface area contributed by atoms with Crippen LogP contribution in [0.2, 0.25) is 0 Å². The molecule has 1 saturated heterocycles. The van der Waals surface area contributed by atoms with E-state index >= 15 is 0 Å². The Bertz CT molecular complexity index is 859. The average molecular weight is 703 g/mol. The highest BCUT2D eigenvalue weighted by Crippen LogP contribution is 2.36. The van der Waals surface area contributed by atoms with Gasteiger partial charge in [0, 0.05) is 12.8 Å². The van der Waals surface area contributed by atoms with Gasteiger partial charge in [-0.2, -0.15) is 0 Å². The van der Waals surface area contributed by atoms with Crippen LogP contribution in [0.4, 0.5) is 0 Å². The largest absolute Gasteiger partial charge is 0.469 e. The zero-order valence-electron chi connectivity index (χ0n) is 30.6. The third-order valence-corrected chi connectivity index (χ3v) is 9.44. The predicted molar refractivity (Wildman–Crippen MR) is 193 cm³/mol. The highest BCUT2D eigenvalue weighted by atomic mass is 31.2. The lowest BCUT2D eigenvalue weighted by Crippen LogP contribution is -2.29. The van der Waals surface area contributed by atoms with Gasteiger partial charge in [0.15, 0.2) is 6.10 Å². The van der Waals surface area contributed by atoms with Gasteiger partial charge >= 0.3 is 19.8 Å². The topological polar surface area (TPSA) is 132 Å². The summed E-state index contributed by atoms with van der Waals surface area (Å²) < 4.78 is 32.1. The van der Waals surface area contributed by atoms with E-state index in [1.165, 1.54) is 89.9 Å². The van der Waals surface area contributed by atoms with E-state index < -0.39 is 32.5 Å². The summed E-state index contributed by atoms with van der Waals surface area (Å²) in [5.74, 6) is -0.901. The minimum Gasteiger partial charge on any atom is -0.462 e. The quantitative estimate of drug-likeness (QED) is 0.0218. The lowest BCUT2D eigenvalue weighted by molar-refractivity contribution is -0.161. The molecule has 2 N–H and O–H groups in total. The molecule has 9 nitrogen and oxygen atoms in total. The van der Waals surface area contributed by atoms with Crippen molar-refractivity contribution in [3.63, 3.8) is 0 Å². The first-order valence-electron chi connectivity index (χ1n) is 19.6. The van der Waals surface area contributed by atoms with Crippen molar-refractivity contribution >= 4 is 19.8 Å². The van der Waals surface area contributed by atoms with E-state index in [0.717, 1.165) is 64.2 Å². The van der Waals surface area contributed by atoms with Crippen LogP contribution in [0.1, 0.15) is 187 Å². The maximum Gasteiger partial charge on any atom is 0.469 e. The summed E-state index contributed by atoms with van der Waals surface area (Å²) in [6, 6.07) is 0. The van der Waals surface area contributed by atoms with E-state index in [0.29, 0.717) is 18.6 Å². The lowest BCUT2D eigenvalue weighted by Gasteiger charge is -2.18. The lowest BCUT2D eigenvalue weighted by atomic mass is 10.0. The minimum absolute atomic E-state index is 0.192. The number of hydrogen-bond acceptors (Lipinski definition) is 7. The molecule has 0 amide bonds. The summed E-state index contributed by atoms with van der Waals surface area (Å²) in [7, 11) is -4.75.